The van der Waals surface area contributed by atoms with Crippen LogP contribution in [-0.2, 0) is 17.8 Å². The second kappa shape index (κ2) is 7.27. The first kappa shape index (κ1) is 19.6. The maximum absolute atomic E-state index is 13.5. The number of rotatable bonds is 4. The van der Waals surface area contributed by atoms with Crippen molar-refractivity contribution in [1.29, 1.82) is 0 Å². The van der Waals surface area contributed by atoms with Gasteiger partial charge in [-0.15, -0.1) is 0 Å². The zero-order chi connectivity index (χ0) is 20.8. The van der Waals surface area contributed by atoms with Crippen LogP contribution < -0.4 is 5.69 Å². The Kier molecular flexibility index (Phi) is 4.91. The van der Waals surface area contributed by atoms with E-state index in [9.17, 15) is 27.2 Å². The van der Waals surface area contributed by atoms with Crippen LogP contribution in [0, 0.1) is 0 Å². The van der Waals surface area contributed by atoms with Crippen molar-refractivity contribution in [3.05, 3.63) is 45.9 Å². The van der Waals surface area contributed by atoms with E-state index in [0.717, 1.165) is 9.58 Å². The number of aromatic nitrogens is 4. The number of fused-ring (bicyclic) bond motifs is 1. The van der Waals surface area contributed by atoms with Gasteiger partial charge in [-0.2, -0.15) is 5.10 Å². The van der Waals surface area contributed by atoms with E-state index < -0.39 is 36.5 Å². The van der Waals surface area contributed by atoms with Gasteiger partial charge in [0.2, 0.25) is 5.91 Å². The summed E-state index contributed by atoms with van der Waals surface area (Å²) >= 11 is 0. The number of halogens is 4. The van der Waals surface area contributed by atoms with Crippen molar-refractivity contribution in [2.45, 2.75) is 50.6 Å². The first-order chi connectivity index (χ1) is 13.7. The summed E-state index contributed by atoms with van der Waals surface area (Å²) in [5.41, 5.74) is -0.380. The molecule has 29 heavy (non-hydrogen) atoms. The van der Waals surface area contributed by atoms with Gasteiger partial charge in [0.25, 0.3) is 12.3 Å². The Bertz CT molecular complexity index is 970. The molecule has 0 N–H and O–H groups in total. The third kappa shape index (κ3) is 3.77. The van der Waals surface area contributed by atoms with Gasteiger partial charge in [-0.05, 0) is 24.5 Å². The van der Waals surface area contributed by atoms with Gasteiger partial charge in [0, 0.05) is 25.6 Å². The summed E-state index contributed by atoms with van der Waals surface area (Å²) in [6, 6.07) is 1.77. The molecule has 2 aromatic heterocycles. The predicted molar refractivity (Wildman–Crippen MR) is 92.9 cm³/mol. The van der Waals surface area contributed by atoms with Gasteiger partial charge in [-0.3, -0.25) is 14.3 Å². The molecule has 0 aromatic carbocycles. The minimum atomic E-state index is -2.90. The maximum atomic E-state index is 13.5. The number of amides is 1. The minimum absolute atomic E-state index is 0.0120. The lowest BCUT2D eigenvalue weighted by atomic mass is 10.0. The lowest BCUT2D eigenvalue weighted by molar-refractivity contribution is -0.135. The second-order valence-electron chi connectivity index (χ2n) is 7.39. The van der Waals surface area contributed by atoms with Crippen molar-refractivity contribution < 1.29 is 22.4 Å². The Morgan fingerprint density at radius 2 is 2.10 bits per heavy atom. The first-order valence-electron chi connectivity index (χ1n) is 9.33. The number of aryl methyl sites for hydroxylation is 1. The summed E-state index contributed by atoms with van der Waals surface area (Å²) < 4.78 is 54.7. The lowest BCUT2D eigenvalue weighted by Crippen LogP contribution is -2.42. The standard InChI is InChI=1S/C18H19F4N5O2/c19-15(20)12-5-4-11(8-23-12)9-26-17(29)27-13(2-1-3-14(27)24-26)16(28)25-7-6-18(21,22)10-25/h4-5,8,13,15H,1-3,6-7,9-10H2. The van der Waals surface area contributed by atoms with Crippen molar-refractivity contribution >= 4 is 5.91 Å². The average molecular weight is 413 g/mol. The summed E-state index contributed by atoms with van der Waals surface area (Å²) in [6.07, 6.45) is -0.331. The van der Waals surface area contributed by atoms with Crippen LogP contribution in [0.2, 0.25) is 0 Å². The van der Waals surface area contributed by atoms with Crippen LogP contribution in [0.15, 0.2) is 23.1 Å². The molecule has 1 amide bonds. The topological polar surface area (TPSA) is 73.0 Å². The summed E-state index contributed by atoms with van der Waals surface area (Å²) in [4.78, 5) is 30.4. The molecule has 2 aliphatic rings. The zero-order valence-corrected chi connectivity index (χ0v) is 15.4. The molecular weight excluding hydrogens is 394 g/mol. The number of alkyl halides is 4. The number of hydrogen-bond acceptors (Lipinski definition) is 4. The van der Waals surface area contributed by atoms with E-state index in [4.69, 9.17) is 0 Å². The highest BCUT2D eigenvalue weighted by Gasteiger charge is 2.43. The van der Waals surface area contributed by atoms with Gasteiger partial charge in [-0.1, -0.05) is 6.07 Å². The van der Waals surface area contributed by atoms with Crippen LogP contribution in [0.5, 0.6) is 0 Å². The minimum Gasteiger partial charge on any atom is -0.335 e. The van der Waals surface area contributed by atoms with E-state index in [1.807, 2.05) is 0 Å². The largest absolute Gasteiger partial charge is 0.346 e. The normalized spacial score (nSPS) is 20.9. The Morgan fingerprint density at radius 1 is 1.31 bits per heavy atom. The van der Waals surface area contributed by atoms with Crippen LogP contribution in [0.4, 0.5) is 17.6 Å². The molecular formula is C18H19F4N5O2. The highest BCUT2D eigenvalue weighted by atomic mass is 19.3. The molecule has 0 bridgehead atoms. The molecule has 7 nitrogen and oxygen atoms in total. The summed E-state index contributed by atoms with van der Waals surface area (Å²) in [5.74, 6) is -2.98. The molecule has 156 valence electrons. The number of carbonyl (C=O) groups excluding carboxylic acids is 1. The van der Waals surface area contributed by atoms with Gasteiger partial charge < -0.3 is 4.90 Å². The van der Waals surface area contributed by atoms with Gasteiger partial charge in [0.15, 0.2) is 0 Å². The van der Waals surface area contributed by atoms with Crippen LogP contribution in [-0.4, -0.2) is 49.2 Å². The SMILES string of the molecule is O=C(C1CCCc2nn(Cc3ccc(C(F)F)nc3)c(=O)n21)N1CCC(F)(F)C1. The summed E-state index contributed by atoms with van der Waals surface area (Å²) in [7, 11) is 0. The molecule has 1 fully saturated rings. The lowest BCUT2D eigenvalue weighted by Gasteiger charge is -2.27. The Morgan fingerprint density at radius 3 is 2.72 bits per heavy atom. The van der Waals surface area contributed by atoms with Crippen LogP contribution in [0.3, 0.4) is 0 Å². The molecule has 4 rings (SSSR count). The molecule has 0 radical (unpaired) electrons. The van der Waals surface area contributed by atoms with E-state index in [1.54, 1.807) is 0 Å². The average Bonchev–Trinajstić information content (AvgIpc) is 3.21. The highest BCUT2D eigenvalue weighted by Crippen LogP contribution is 2.31. The van der Waals surface area contributed by atoms with Crippen molar-refractivity contribution in [3.63, 3.8) is 0 Å². The van der Waals surface area contributed by atoms with E-state index in [0.29, 0.717) is 30.7 Å². The third-order valence-corrected chi connectivity index (χ3v) is 5.30. The van der Waals surface area contributed by atoms with E-state index >= 15 is 0 Å². The number of pyridine rings is 1. The molecule has 0 spiro atoms. The fraction of sp³-hybridized carbons (Fsp3) is 0.556. The quantitative estimate of drug-likeness (QED) is 0.721. The summed E-state index contributed by atoms with van der Waals surface area (Å²) in [5, 5.41) is 4.26. The van der Waals surface area contributed by atoms with E-state index in [1.165, 1.54) is 22.9 Å². The smallest absolute Gasteiger partial charge is 0.335 e. The number of hydrogen-bond donors (Lipinski definition) is 0. The van der Waals surface area contributed by atoms with Crippen molar-refractivity contribution in [1.82, 2.24) is 24.2 Å². The molecule has 2 aliphatic heterocycles. The van der Waals surface area contributed by atoms with Gasteiger partial charge in [-0.25, -0.2) is 27.0 Å². The molecule has 0 aliphatic carbocycles. The van der Waals surface area contributed by atoms with Crippen molar-refractivity contribution in [3.8, 4) is 0 Å². The monoisotopic (exact) mass is 413 g/mol. The number of nitrogens with zero attached hydrogens (tertiary/aromatic N) is 5. The van der Waals surface area contributed by atoms with Crippen LogP contribution >= 0.6 is 0 Å². The first-order valence-corrected chi connectivity index (χ1v) is 9.33. The van der Waals surface area contributed by atoms with Gasteiger partial charge >= 0.3 is 5.69 Å². The molecule has 2 aromatic rings. The Balaban J connectivity index is 1.58. The second-order valence-corrected chi connectivity index (χ2v) is 7.39. The zero-order valence-electron chi connectivity index (χ0n) is 15.4. The predicted octanol–water partition coefficient (Wildman–Crippen LogP) is 2.17. The Labute approximate surface area is 162 Å². The van der Waals surface area contributed by atoms with Gasteiger partial charge in [0.05, 0.1) is 13.1 Å². The molecule has 4 heterocycles. The molecule has 1 unspecified atom stereocenters. The van der Waals surface area contributed by atoms with Crippen LogP contribution in [0.25, 0.3) is 0 Å². The van der Waals surface area contributed by atoms with Gasteiger partial charge in [0.1, 0.15) is 17.6 Å². The van der Waals surface area contributed by atoms with Crippen LogP contribution in [0.1, 0.15) is 48.8 Å². The molecule has 11 heteroatoms. The maximum Gasteiger partial charge on any atom is 0.346 e. The van der Waals surface area contributed by atoms with E-state index in [-0.39, 0.29) is 25.2 Å². The molecule has 1 saturated heterocycles. The molecule has 0 saturated carbocycles. The summed E-state index contributed by atoms with van der Waals surface area (Å²) in [6.45, 7) is -0.663. The highest BCUT2D eigenvalue weighted by molar-refractivity contribution is 5.81. The third-order valence-electron chi connectivity index (χ3n) is 5.30. The Hall–Kier alpha value is -2.72. The fourth-order valence-electron chi connectivity index (χ4n) is 3.83. The number of likely N-dealkylation sites (tertiary alicyclic amines) is 1. The van der Waals surface area contributed by atoms with Crippen molar-refractivity contribution in [2.75, 3.05) is 13.1 Å². The fourth-order valence-corrected chi connectivity index (χ4v) is 3.83. The molecule has 1 atom stereocenters. The van der Waals surface area contributed by atoms with Crippen molar-refractivity contribution in [2.24, 2.45) is 0 Å². The van der Waals surface area contributed by atoms with E-state index in [2.05, 4.69) is 10.1 Å². The number of carbonyl (C=O) groups is 1.